The third-order valence-electron chi connectivity index (χ3n) is 13.5. The Hall–Kier alpha value is -5.41. The first kappa shape index (κ1) is 45.7. The number of aromatic nitrogens is 5. The Bertz CT molecular complexity index is 2870. The van der Waals surface area contributed by atoms with Crippen molar-refractivity contribution in [2.24, 2.45) is 0 Å². The molecule has 17 heteroatoms. The fourth-order valence-corrected chi connectivity index (χ4v) is 11.7. The van der Waals surface area contributed by atoms with Crippen molar-refractivity contribution in [3.63, 3.8) is 0 Å². The summed E-state index contributed by atoms with van der Waals surface area (Å²) in [5.74, 6) is 1.17. The first-order valence-electron chi connectivity index (χ1n) is 23.0. The van der Waals surface area contributed by atoms with E-state index in [1.807, 2.05) is 42.8 Å². The van der Waals surface area contributed by atoms with Gasteiger partial charge in [-0.3, -0.25) is 29.5 Å². The molecular weight excluding hydrogens is 917 g/mol. The van der Waals surface area contributed by atoms with Gasteiger partial charge in [0.05, 0.1) is 39.7 Å². The highest BCUT2D eigenvalue weighted by Crippen LogP contribution is 2.42. The quantitative estimate of drug-likeness (QED) is 0.0758. The van der Waals surface area contributed by atoms with Crippen molar-refractivity contribution in [1.82, 2.24) is 39.8 Å². The predicted octanol–water partition coefficient (Wildman–Crippen LogP) is 7.87. The Balaban J connectivity index is 0.809. The molecule has 3 saturated heterocycles. The molecule has 3 aromatic carbocycles. The monoisotopic (exact) mass is 975 g/mol. The number of hydrogen-bond donors (Lipinski definition) is 3. The summed E-state index contributed by atoms with van der Waals surface area (Å²) < 4.78 is 22.1. The number of carbonyl (C=O) groups excluding carboxylic acids is 2. The van der Waals surface area contributed by atoms with Gasteiger partial charge in [-0.2, -0.15) is 10.1 Å². The van der Waals surface area contributed by atoms with Crippen LogP contribution in [0.15, 0.2) is 65.3 Å². The van der Waals surface area contributed by atoms with Gasteiger partial charge in [-0.05, 0) is 117 Å². The number of nitrogens with zero attached hydrogens (tertiary/aromatic N) is 8. The second-order valence-corrected chi connectivity index (χ2v) is 22.2. The minimum Gasteiger partial charge on any atom is -0.494 e. The van der Waals surface area contributed by atoms with Crippen molar-refractivity contribution in [3.8, 4) is 5.75 Å². The zero-order valence-electron chi connectivity index (χ0n) is 38.7. The fraction of sp³-hybridized carbons (Fsp3) is 0.429. The van der Waals surface area contributed by atoms with E-state index in [1.165, 1.54) is 16.8 Å². The normalized spacial score (nSPS) is 18.0. The number of piperidine rings is 2. The molecule has 3 fully saturated rings. The average molecular weight is 977 g/mol. The zero-order chi connectivity index (χ0) is 46.3. The highest BCUT2D eigenvalue weighted by Gasteiger charge is 2.32. The second kappa shape index (κ2) is 19.1. The van der Waals surface area contributed by atoms with E-state index in [4.69, 9.17) is 14.8 Å². The summed E-state index contributed by atoms with van der Waals surface area (Å²) in [6.45, 7) is 16.8. The van der Waals surface area contributed by atoms with Gasteiger partial charge in [-0.15, -0.1) is 0 Å². The van der Waals surface area contributed by atoms with E-state index in [-0.39, 0.29) is 11.8 Å². The van der Waals surface area contributed by atoms with Gasteiger partial charge in [0.15, 0.2) is 0 Å². The van der Waals surface area contributed by atoms with Gasteiger partial charge < -0.3 is 29.7 Å². The molecule has 6 heterocycles. The number of amides is 2. The number of nitrogens with one attached hydrogen (secondary N) is 3. The average Bonchev–Trinajstić information content (AvgIpc) is 3.63. The van der Waals surface area contributed by atoms with Gasteiger partial charge in [-0.25, -0.2) is 4.98 Å². The molecule has 0 bridgehead atoms. The number of piperazine rings is 1. The molecule has 3 aliphatic heterocycles. The molecule has 6 aromatic rings. The Kier molecular flexibility index (Phi) is 13.2. The smallest absolute Gasteiger partial charge is 0.251 e. The van der Waals surface area contributed by atoms with Crippen LogP contribution in [0.1, 0.15) is 61.2 Å². The zero-order valence-corrected chi connectivity index (χ0v) is 41.1. The maximum atomic E-state index is 13.7. The van der Waals surface area contributed by atoms with Crippen LogP contribution in [0.3, 0.4) is 0 Å². The number of rotatable bonds is 13. The summed E-state index contributed by atoms with van der Waals surface area (Å²) in [6.07, 6.45) is 6.50. The first-order chi connectivity index (χ1) is 31.8. The van der Waals surface area contributed by atoms with Gasteiger partial charge >= 0.3 is 0 Å². The molecule has 3 N–H and O–H groups in total. The predicted molar refractivity (Wildman–Crippen MR) is 267 cm³/mol. The van der Waals surface area contributed by atoms with E-state index in [0.717, 1.165) is 116 Å². The van der Waals surface area contributed by atoms with Crippen LogP contribution in [-0.4, -0.2) is 119 Å². The van der Waals surface area contributed by atoms with Crippen LogP contribution in [0.4, 0.5) is 28.8 Å². The Morgan fingerprint density at radius 2 is 1.67 bits per heavy atom. The molecule has 1 atom stereocenters. The molecule has 0 saturated carbocycles. The van der Waals surface area contributed by atoms with E-state index < -0.39 is 13.2 Å². The Morgan fingerprint density at radius 1 is 0.894 bits per heavy atom. The number of imide groups is 1. The standard InChI is InChI=1S/C49H59BrN11O4P/c1-7-33-27-40(54-49-51-29-37(50)47(56-49)53-39-13-12-38-36(10-8-30(2)52-38)46(39)66(5,6)64)44(65-4)28-42(33)60-20-17-34(18-21-60)59-24-22-58(23-25-59)19-16-32-9-11-35-31(3)57-61(43(35)26-32)41-14-15-45(62)55-48(41)63/h8-13,26-29,34,41H,7,14-25H2,1-6H3,(H,55,62,63)(H2,51,53,54,56). The minimum atomic E-state index is -2.72. The van der Waals surface area contributed by atoms with E-state index in [0.29, 0.717) is 46.6 Å². The molecule has 0 spiro atoms. The van der Waals surface area contributed by atoms with E-state index in [2.05, 4.69) is 93.8 Å². The number of carbonyl (C=O) groups is 2. The van der Waals surface area contributed by atoms with E-state index >= 15 is 0 Å². The molecule has 15 nitrogen and oxygen atoms in total. The summed E-state index contributed by atoms with van der Waals surface area (Å²) in [7, 11) is -1.03. The third kappa shape index (κ3) is 9.56. The molecular formula is C49H59BrN11O4P. The number of methoxy groups -OCH3 is 1. The number of ether oxygens (including phenoxy) is 1. The summed E-state index contributed by atoms with van der Waals surface area (Å²) in [6, 6.07) is 18.7. The molecule has 3 aliphatic rings. The maximum absolute atomic E-state index is 13.7. The van der Waals surface area contributed by atoms with Crippen molar-refractivity contribution in [2.75, 3.05) is 81.8 Å². The lowest BCUT2D eigenvalue weighted by atomic mass is 9.99. The van der Waals surface area contributed by atoms with Gasteiger partial charge in [0.1, 0.15) is 24.8 Å². The number of pyridine rings is 1. The lowest BCUT2D eigenvalue weighted by Crippen LogP contribution is -2.53. The summed E-state index contributed by atoms with van der Waals surface area (Å²) in [5.41, 5.74) is 8.72. The number of halogens is 1. The van der Waals surface area contributed by atoms with Crippen molar-refractivity contribution in [2.45, 2.75) is 71.4 Å². The highest BCUT2D eigenvalue weighted by atomic mass is 79.9. The van der Waals surface area contributed by atoms with Gasteiger partial charge in [-0.1, -0.05) is 25.1 Å². The lowest BCUT2D eigenvalue weighted by Gasteiger charge is -2.43. The number of anilines is 5. The number of benzene rings is 3. The molecule has 346 valence electrons. The Labute approximate surface area is 394 Å². The van der Waals surface area contributed by atoms with Gasteiger partial charge in [0.25, 0.3) is 5.91 Å². The van der Waals surface area contributed by atoms with Gasteiger partial charge in [0.2, 0.25) is 11.9 Å². The fourth-order valence-electron chi connectivity index (χ4n) is 9.95. The van der Waals surface area contributed by atoms with Crippen molar-refractivity contribution in [3.05, 3.63) is 87.8 Å². The number of fused-ring (bicyclic) bond motifs is 2. The van der Waals surface area contributed by atoms with Gasteiger partial charge in [0, 0.05) is 98.0 Å². The Morgan fingerprint density at radius 3 is 2.39 bits per heavy atom. The minimum absolute atomic E-state index is 0.216. The van der Waals surface area contributed by atoms with Crippen LogP contribution < -0.4 is 30.9 Å². The topological polar surface area (TPSA) is 163 Å². The van der Waals surface area contributed by atoms with Crippen LogP contribution in [0.2, 0.25) is 0 Å². The molecule has 9 rings (SSSR count). The molecule has 0 aliphatic carbocycles. The SMILES string of the molecule is CCc1cc(Nc2ncc(Br)c(Nc3ccc4nc(C)ccc4c3P(C)(C)=O)n2)c(OC)cc1N1CCC(N2CCN(CCc3ccc4c(C)nn(C5CCC(=O)NC5=O)c4c3)CC2)CC1. The van der Waals surface area contributed by atoms with Crippen LogP contribution in [0.5, 0.6) is 5.75 Å². The van der Waals surface area contributed by atoms with Crippen molar-refractivity contribution >= 4 is 90.8 Å². The summed E-state index contributed by atoms with van der Waals surface area (Å²) >= 11 is 3.63. The number of hydrogen-bond acceptors (Lipinski definition) is 13. The van der Waals surface area contributed by atoms with Crippen LogP contribution in [0, 0.1) is 13.8 Å². The summed E-state index contributed by atoms with van der Waals surface area (Å²) in [4.78, 5) is 46.4. The number of aryl methyl sites for hydroxylation is 3. The largest absolute Gasteiger partial charge is 0.494 e. The van der Waals surface area contributed by atoms with Crippen LogP contribution >= 0.6 is 23.1 Å². The molecule has 2 amide bonds. The molecule has 0 radical (unpaired) electrons. The maximum Gasteiger partial charge on any atom is 0.251 e. The molecule has 3 aromatic heterocycles. The first-order valence-corrected chi connectivity index (χ1v) is 26.4. The van der Waals surface area contributed by atoms with E-state index in [1.54, 1.807) is 26.6 Å². The molecule has 66 heavy (non-hydrogen) atoms. The third-order valence-corrected chi connectivity index (χ3v) is 15.6. The second-order valence-electron chi connectivity index (χ2n) is 18.2. The summed E-state index contributed by atoms with van der Waals surface area (Å²) in [5, 5.41) is 16.7. The highest BCUT2D eigenvalue weighted by molar-refractivity contribution is 9.10. The van der Waals surface area contributed by atoms with Crippen LogP contribution in [0.25, 0.3) is 21.8 Å². The van der Waals surface area contributed by atoms with Crippen LogP contribution in [-0.2, 0) is 27.0 Å². The van der Waals surface area contributed by atoms with Crippen molar-refractivity contribution < 1.29 is 18.9 Å². The lowest BCUT2D eigenvalue weighted by molar-refractivity contribution is -0.135. The van der Waals surface area contributed by atoms with Crippen molar-refractivity contribution in [1.29, 1.82) is 0 Å². The van der Waals surface area contributed by atoms with E-state index in [9.17, 15) is 14.2 Å². The molecule has 1 unspecified atom stereocenters.